The average Bonchev–Trinajstić information content (AvgIpc) is 3.50. The van der Waals surface area contributed by atoms with Gasteiger partial charge in [0, 0.05) is 23.9 Å². The second-order valence-electron chi connectivity index (χ2n) is 9.63. The van der Waals surface area contributed by atoms with E-state index in [1.807, 2.05) is 30.3 Å². The first-order chi connectivity index (χ1) is 16.5. The quantitative estimate of drug-likeness (QED) is 0.493. The van der Waals surface area contributed by atoms with E-state index in [-0.39, 0.29) is 24.6 Å². The van der Waals surface area contributed by atoms with Gasteiger partial charge in [-0.2, -0.15) is 9.50 Å². The van der Waals surface area contributed by atoms with E-state index in [1.54, 1.807) is 0 Å². The number of ether oxygens (including phenoxy) is 1. The van der Waals surface area contributed by atoms with E-state index in [4.69, 9.17) is 4.74 Å². The van der Waals surface area contributed by atoms with Gasteiger partial charge < -0.3 is 20.1 Å². The van der Waals surface area contributed by atoms with Crippen molar-refractivity contribution in [3.8, 4) is 11.4 Å². The minimum atomic E-state index is -0.959. The zero-order valence-electron chi connectivity index (χ0n) is 19.3. The number of nitrogens with one attached hydrogen (secondary N) is 2. The first kappa shape index (κ1) is 22.7. The summed E-state index contributed by atoms with van der Waals surface area (Å²) in [6, 6.07) is 10.9. The minimum Gasteiger partial charge on any atom is -0.388 e. The standard InChI is InChI=1S/C25H31N5O4/c31-20-15-19(27-23-28-21(29-30(20)23)18-9-3-1-4-10-18)16-34-25(13-5-2-6-14-25)22(32)26-17-24(33)11-7-8-12-24/h1,3-4,9-10,15,33H,2,5-8,11-14,16-17H2,(H,26,32)(H,27,28,29). The average molecular weight is 466 g/mol. The molecule has 9 nitrogen and oxygen atoms in total. The van der Waals surface area contributed by atoms with Crippen molar-refractivity contribution in [2.75, 3.05) is 6.54 Å². The van der Waals surface area contributed by atoms with E-state index in [2.05, 4.69) is 20.4 Å². The molecule has 2 aromatic heterocycles. The lowest BCUT2D eigenvalue weighted by molar-refractivity contribution is -0.155. The molecule has 2 saturated carbocycles. The number of fused-ring (bicyclic) bond motifs is 1. The van der Waals surface area contributed by atoms with E-state index < -0.39 is 11.2 Å². The molecule has 2 heterocycles. The van der Waals surface area contributed by atoms with Crippen LogP contribution in [0.25, 0.3) is 17.2 Å². The number of amides is 1. The maximum atomic E-state index is 13.2. The highest BCUT2D eigenvalue weighted by Gasteiger charge is 2.42. The van der Waals surface area contributed by atoms with Crippen LogP contribution in [0.3, 0.4) is 0 Å². The maximum absolute atomic E-state index is 13.2. The molecule has 2 fully saturated rings. The number of carbonyl (C=O) groups excluding carboxylic acids is 1. The first-order valence-corrected chi connectivity index (χ1v) is 12.2. The van der Waals surface area contributed by atoms with Gasteiger partial charge in [0.25, 0.3) is 11.5 Å². The first-order valence-electron chi connectivity index (χ1n) is 12.2. The van der Waals surface area contributed by atoms with Gasteiger partial charge in [0.2, 0.25) is 5.78 Å². The summed E-state index contributed by atoms with van der Waals surface area (Å²) in [5.74, 6) is 0.611. The summed E-state index contributed by atoms with van der Waals surface area (Å²) in [4.78, 5) is 33.5. The van der Waals surface area contributed by atoms with Gasteiger partial charge >= 0.3 is 0 Å². The number of hydrogen-bond acceptors (Lipinski definition) is 6. The zero-order chi connectivity index (χ0) is 23.6. The molecule has 9 heteroatoms. The van der Waals surface area contributed by atoms with E-state index >= 15 is 0 Å². The summed E-state index contributed by atoms with van der Waals surface area (Å²) in [6.45, 7) is 0.332. The number of aromatic amines is 1. The third-order valence-corrected chi connectivity index (χ3v) is 7.11. The molecule has 3 aromatic rings. The summed E-state index contributed by atoms with van der Waals surface area (Å²) >= 11 is 0. The Labute approximate surface area is 197 Å². The molecule has 0 unspecified atom stereocenters. The number of hydrogen-bond donors (Lipinski definition) is 3. The van der Waals surface area contributed by atoms with Crippen molar-refractivity contribution in [3.63, 3.8) is 0 Å². The molecule has 0 aliphatic heterocycles. The fourth-order valence-corrected chi connectivity index (χ4v) is 5.12. The van der Waals surface area contributed by atoms with Gasteiger partial charge in [-0.1, -0.05) is 62.4 Å². The van der Waals surface area contributed by atoms with Crippen molar-refractivity contribution in [2.24, 2.45) is 0 Å². The molecule has 0 radical (unpaired) electrons. The lowest BCUT2D eigenvalue weighted by Gasteiger charge is -2.36. The van der Waals surface area contributed by atoms with Gasteiger partial charge in [0.1, 0.15) is 5.60 Å². The molecule has 0 atom stereocenters. The number of H-pyrrole nitrogens is 1. The SMILES string of the molecule is O=C(NCC1(O)CCCC1)C1(OCc2cc(=O)n3nc(-c4ccccc4)nc3[nH]2)CCCCC1. The van der Waals surface area contributed by atoms with Crippen molar-refractivity contribution in [2.45, 2.75) is 75.6 Å². The summed E-state index contributed by atoms with van der Waals surface area (Å²) in [6.07, 6.45) is 7.50. The van der Waals surface area contributed by atoms with Crippen LogP contribution in [-0.2, 0) is 16.1 Å². The van der Waals surface area contributed by atoms with Crippen LogP contribution in [0.15, 0.2) is 41.2 Å². The van der Waals surface area contributed by atoms with Gasteiger partial charge in [0.05, 0.1) is 12.2 Å². The third kappa shape index (κ3) is 4.63. The molecule has 1 amide bonds. The van der Waals surface area contributed by atoms with Crippen LogP contribution < -0.4 is 10.9 Å². The lowest BCUT2D eigenvalue weighted by atomic mass is 9.83. The van der Waals surface area contributed by atoms with Crippen LogP contribution >= 0.6 is 0 Å². The number of carbonyl (C=O) groups is 1. The molecule has 3 N–H and O–H groups in total. The van der Waals surface area contributed by atoms with Crippen LogP contribution in [0.4, 0.5) is 0 Å². The Kier molecular flexibility index (Phi) is 6.22. The highest BCUT2D eigenvalue weighted by Crippen LogP contribution is 2.34. The molecule has 2 aliphatic carbocycles. The van der Waals surface area contributed by atoms with Gasteiger partial charge in [-0.15, -0.1) is 5.10 Å². The Bertz CT molecular complexity index is 1210. The zero-order valence-corrected chi connectivity index (χ0v) is 19.3. The molecule has 34 heavy (non-hydrogen) atoms. The van der Waals surface area contributed by atoms with Gasteiger partial charge in [0.15, 0.2) is 5.82 Å². The number of rotatable bonds is 7. The molecular formula is C25H31N5O4. The van der Waals surface area contributed by atoms with Crippen LogP contribution in [0.5, 0.6) is 0 Å². The fraction of sp³-hybridized carbons (Fsp3) is 0.520. The highest BCUT2D eigenvalue weighted by molar-refractivity contribution is 5.85. The van der Waals surface area contributed by atoms with E-state index in [0.29, 0.717) is 43.0 Å². The molecule has 1 aromatic carbocycles. The normalized spacial score (nSPS) is 19.3. The van der Waals surface area contributed by atoms with Crippen molar-refractivity contribution in [3.05, 3.63) is 52.4 Å². The van der Waals surface area contributed by atoms with Gasteiger partial charge in [-0.3, -0.25) is 9.59 Å². The maximum Gasteiger partial charge on any atom is 0.275 e. The van der Waals surface area contributed by atoms with Crippen LogP contribution in [0, 0.1) is 0 Å². The lowest BCUT2D eigenvalue weighted by Crippen LogP contribution is -2.53. The van der Waals surface area contributed by atoms with Crippen molar-refractivity contribution >= 4 is 11.7 Å². The van der Waals surface area contributed by atoms with Crippen molar-refractivity contribution in [1.82, 2.24) is 24.9 Å². The topological polar surface area (TPSA) is 122 Å². The summed E-state index contributed by atoms with van der Waals surface area (Å²) in [5.41, 5.74) is -0.728. The Morgan fingerprint density at radius 3 is 2.53 bits per heavy atom. The van der Waals surface area contributed by atoms with Crippen LogP contribution in [0.2, 0.25) is 0 Å². The smallest absolute Gasteiger partial charge is 0.275 e. The van der Waals surface area contributed by atoms with Gasteiger partial charge in [-0.05, 0) is 25.7 Å². The number of aromatic nitrogens is 4. The summed E-state index contributed by atoms with van der Waals surface area (Å²) < 4.78 is 7.47. The predicted octanol–water partition coefficient (Wildman–Crippen LogP) is 2.73. The van der Waals surface area contributed by atoms with Crippen LogP contribution in [0.1, 0.15) is 63.5 Å². The molecule has 2 aliphatic rings. The molecule has 180 valence electrons. The van der Waals surface area contributed by atoms with E-state index in [1.165, 1.54) is 10.6 Å². The Morgan fingerprint density at radius 2 is 1.79 bits per heavy atom. The second-order valence-corrected chi connectivity index (χ2v) is 9.63. The molecule has 0 spiro atoms. The van der Waals surface area contributed by atoms with Crippen LogP contribution in [-0.4, -0.2) is 48.3 Å². The van der Waals surface area contributed by atoms with E-state index in [9.17, 15) is 14.7 Å². The number of aliphatic hydroxyl groups is 1. The summed E-state index contributed by atoms with van der Waals surface area (Å²) in [7, 11) is 0. The molecular weight excluding hydrogens is 434 g/mol. The molecule has 5 rings (SSSR count). The monoisotopic (exact) mass is 465 g/mol. The fourth-order valence-electron chi connectivity index (χ4n) is 5.12. The Balaban J connectivity index is 1.33. The third-order valence-electron chi connectivity index (χ3n) is 7.11. The largest absolute Gasteiger partial charge is 0.388 e. The Morgan fingerprint density at radius 1 is 1.09 bits per heavy atom. The van der Waals surface area contributed by atoms with Crippen molar-refractivity contribution < 1.29 is 14.6 Å². The number of benzene rings is 1. The molecule has 0 bridgehead atoms. The van der Waals surface area contributed by atoms with Crippen molar-refractivity contribution in [1.29, 1.82) is 0 Å². The highest BCUT2D eigenvalue weighted by atomic mass is 16.5. The number of nitrogens with zero attached hydrogens (tertiary/aromatic N) is 3. The minimum absolute atomic E-state index is 0.0803. The Hall–Kier alpha value is -3.04. The van der Waals surface area contributed by atoms with Gasteiger partial charge in [-0.25, -0.2) is 0 Å². The predicted molar refractivity (Wildman–Crippen MR) is 126 cm³/mol. The molecule has 0 saturated heterocycles. The summed E-state index contributed by atoms with van der Waals surface area (Å²) in [5, 5.41) is 17.9. The van der Waals surface area contributed by atoms with E-state index in [0.717, 1.165) is 37.7 Å². The second kappa shape index (κ2) is 9.31.